The van der Waals surface area contributed by atoms with Gasteiger partial charge in [0.2, 0.25) is 5.91 Å². The molecule has 0 aromatic carbocycles. The van der Waals surface area contributed by atoms with Gasteiger partial charge in [0.25, 0.3) is 0 Å². The van der Waals surface area contributed by atoms with E-state index >= 15 is 0 Å². The highest BCUT2D eigenvalue weighted by Crippen LogP contribution is 2.26. The first-order valence-electron chi connectivity index (χ1n) is 36.0. The summed E-state index contributed by atoms with van der Waals surface area (Å²) >= 11 is 0. The van der Waals surface area contributed by atoms with E-state index in [1.807, 2.05) is 6.08 Å². The topological polar surface area (TPSA) is 175 Å². The second-order valence-electron chi connectivity index (χ2n) is 24.6. The van der Waals surface area contributed by atoms with E-state index in [-0.39, 0.29) is 19.4 Å². The Hall–Kier alpha value is -3.42. The molecule has 1 rings (SSSR count). The number of hydrogen-bond donors (Lipinski definition) is 6. The third kappa shape index (κ3) is 50.0. The van der Waals surface area contributed by atoms with Crippen LogP contribution in [0.15, 0.2) is 97.2 Å². The number of unbranched alkanes of at least 4 members (excludes halogenated alkanes) is 33. The van der Waals surface area contributed by atoms with E-state index in [4.69, 9.17) is 14.2 Å². The number of amides is 1. The van der Waals surface area contributed by atoms with Gasteiger partial charge >= 0.3 is 5.97 Å². The Morgan fingerprint density at radius 1 is 0.460 bits per heavy atom. The molecule has 0 aliphatic carbocycles. The fourth-order valence-corrected chi connectivity index (χ4v) is 10.8. The molecular formula is C76H133NO10. The van der Waals surface area contributed by atoms with Gasteiger partial charge in [0.15, 0.2) is 12.4 Å². The Bertz CT molecular complexity index is 1790. The summed E-state index contributed by atoms with van der Waals surface area (Å²) in [6.07, 6.45) is 74.5. The third-order valence-corrected chi connectivity index (χ3v) is 16.5. The Morgan fingerprint density at radius 2 is 0.828 bits per heavy atom. The van der Waals surface area contributed by atoms with Crippen molar-refractivity contribution in [1.29, 1.82) is 0 Å². The highest BCUT2D eigenvalue weighted by molar-refractivity contribution is 5.80. The number of aliphatic hydroxyl groups excluding tert-OH is 5. The number of allylic oxidation sites excluding steroid dienone is 15. The van der Waals surface area contributed by atoms with E-state index in [9.17, 15) is 35.1 Å². The van der Waals surface area contributed by atoms with Crippen LogP contribution in [0.2, 0.25) is 0 Å². The predicted molar refractivity (Wildman–Crippen MR) is 365 cm³/mol. The van der Waals surface area contributed by atoms with Crippen LogP contribution in [0.4, 0.5) is 0 Å². The van der Waals surface area contributed by atoms with Crippen molar-refractivity contribution in [2.24, 2.45) is 0 Å². The summed E-state index contributed by atoms with van der Waals surface area (Å²) < 4.78 is 17.7. The molecule has 0 saturated carbocycles. The lowest BCUT2D eigenvalue weighted by Gasteiger charge is -2.41. The average molecular weight is 1220 g/mol. The number of hydrogen-bond acceptors (Lipinski definition) is 10. The largest absolute Gasteiger partial charge is 0.454 e. The molecule has 1 amide bonds. The number of carbonyl (C=O) groups excluding carboxylic acids is 2. The van der Waals surface area contributed by atoms with Gasteiger partial charge in [-0.3, -0.25) is 9.59 Å². The van der Waals surface area contributed by atoms with Gasteiger partial charge in [0.05, 0.1) is 25.4 Å². The maximum atomic E-state index is 13.5. The van der Waals surface area contributed by atoms with Crippen LogP contribution in [-0.2, 0) is 23.8 Å². The zero-order valence-corrected chi connectivity index (χ0v) is 55.9. The van der Waals surface area contributed by atoms with Crippen LogP contribution in [0, 0.1) is 0 Å². The predicted octanol–water partition coefficient (Wildman–Crippen LogP) is 18.6. The second kappa shape index (κ2) is 62.8. The van der Waals surface area contributed by atoms with E-state index in [1.165, 1.54) is 141 Å². The van der Waals surface area contributed by atoms with Crippen molar-refractivity contribution >= 4 is 11.9 Å². The smallest absolute Gasteiger partial charge is 0.306 e. The standard InChI is InChI=1S/C76H133NO10/c1-4-7-10-13-16-19-22-24-26-28-30-32-34-36-37-39-41-43-45-48-51-54-57-60-63-69(80)75(84)77-67(68(79)62-59-56-53-50-47-21-18-15-12-9-6-3)66-85-76-74(73(83)72(82)70(65-78)86-76)87-71(81)64-61-58-55-52-49-46-44-42-40-38-35-33-31-29-27-25-23-20-17-14-11-8-5-2/h8,11,16-17,19-20,24-27,31,33,38,40,59,62,67-70,72-74,76,78-80,82-83H,4-7,9-10,12-15,18,21-23,28-30,32,34-37,39,41-58,60-61,63-66H2,1-3H3,(H,77,84)/b11-8-,19-16-,20-17-,26-24-,27-25-,33-31-,40-38-,62-59+. The van der Waals surface area contributed by atoms with E-state index in [1.54, 1.807) is 6.08 Å². The van der Waals surface area contributed by atoms with E-state index in [0.29, 0.717) is 12.8 Å². The maximum absolute atomic E-state index is 13.5. The summed E-state index contributed by atoms with van der Waals surface area (Å²) in [5, 5.41) is 57.2. The number of nitrogens with one attached hydrogen (secondary N) is 1. The number of aliphatic hydroxyl groups is 5. The van der Waals surface area contributed by atoms with Gasteiger partial charge in [-0.2, -0.15) is 0 Å². The normalized spacial score (nSPS) is 18.8. The lowest BCUT2D eigenvalue weighted by atomic mass is 9.99. The minimum atomic E-state index is -1.62. The molecule has 6 N–H and O–H groups in total. The zero-order chi connectivity index (χ0) is 63.1. The van der Waals surface area contributed by atoms with Crippen molar-refractivity contribution in [1.82, 2.24) is 5.32 Å². The van der Waals surface area contributed by atoms with Gasteiger partial charge in [0.1, 0.15) is 24.4 Å². The highest BCUT2D eigenvalue weighted by atomic mass is 16.7. The number of rotatable bonds is 61. The molecule has 0 aromatic rings. The van der Waals surface area contributed by atoms with Gasteiger partial charge in [-0.05, 0) is 103 Å². The van der Waals surface area contributed by atoms with Crippen molar-refractivity contribution in [2.45, 2.75) is 359 Å². The van der Waals surface area contributed by atoms with Crippen LogP contribution in [0.25, 0.3) is 0 Å². The van der Waals surface area contributed by atoms with Crippen molar-refractivity contribution in [3.8, 4) is 0 Å². The van der Waals surface area contributed by atoms with Crippen molar-refractivity contribution in [2.75, 3.05) is 13.2 Å². The molecule has 87 heavy (non-hydrogen) atoms. The second-order valence-corrected chi connectivity index (χ2v) is 24.6. The van der Waals surface area contributed by atoms with Gasteiger partial charge in [0, 0.05) is 6.42 Å². The lowest BCUT2D eigenvalue weighted by Crippen LogP contribution is -2.61. The molecule has 1 aliphatic heterocycles. The van der Waals surface area contributed by atoms with Gasteiger partial charge in [-0.25, -0.2) is 0 Å². The highest BCUT2D eigenvalue weighted by Gasteiger charge is 2.47. The van der Waals surface area contributed by atoms with Gasteiger partial charge in [-0.15, -0.1) is 0 Å². The molecule has 0 aromatic heterocycles. The Labute approximate surface area is 533 Å². The molecule has 502 valence electrons. The summed E-state index contributed by atoms with van der Waals surface area (Å²) in [6, 6.07) is -1.03. The van der Waals surface area contributed by atoms with Crippen LogP contribution < -0.4 is 5.32 Å². The maximum Gasteiger partial charge on any atom is 0.306 e. The molecule has 0 spiro atoms. The molecule has 1 heterocycles. The molecule has 8 unspecified atom stereocenters. The molecule has 11 nitrogen and oxygen atoms in total. The summed E-state index contributed by atoms with van der Waals surface area (Å²) in [6.45, 7) is 5.67. The van der Waals surface area contributed by atoms with Crippen LogP contribution in [0.3, 0.4) is 0 Å². The molecule has 8 atom stereocenters. The van der Waals surface area contributed by atoms with Crippen molar-refractivity contribution in [3.63, 3.8) is 0 Å². The fourth-order valence-electron chi connectivity index (χ4n) is 10.8. The zero-order valence-electron chi connectivity index (χ0n) is 55.9. The first kappa shape index (κ1) is 81.6. The number of ether oxygens (including phenoxy) is 3. The van der Waals surface area contributed by atoms with Gasteiger partial charge in [-0.1, -0.05) is 298 Å². The molecule has 0 bridgehead atoms. The van der Waals surface area contributed by atoms with Crippen LogP contribution in [0.5, 0.6) is 0 Å². The minimum Gasteiger partial charge on any atom is -0.454 e. The Morgan fingerprint density at radius 3 is 1.26 bits per heavy atom. The SMILES string of the molecule is CC/C=C\C/C=C\C/C=C\C/C=C\C/C=C\CCCCCCCCCC(=O)OC1C(OCC(NC(=O)C(O)CCCCCCCCCCCCCCCC/C=C\C/C=C\CCCCC)C(O)/C=C/CCCCCCCCCCC)OC(CO)C(O)C1O. The van der Waals surface area contributed by atoms with E-state index < -0.39 is 67.4 Å². The summed E-state index contributed by atoms with van der Waals surface area (Å²) in [4.78, 5) is 26.7. The summed E-state index contributed by atoms with van der Waals surface area (Å²) in [7, 11) is 0. The molecule has 1 aliphatic rings. The molecule has 11 heteroatoms. The Kier molecular flexibility index (Phi) is 58.9. The summed E-state index contributed by atoms with van der Waals surface area (Å²) in [5.41, 5.74) is 0. The number of esters is 1. The average Bonchev–Trinajstić information content (AvgIpc) is 2.93. The molecule has 1 saturated heterocycles. The first-order chi connectivity index (χ1) is 42.7. The van der Waals surface area contributed by atoms with E-state index in [2.05, 4.69) is 111 Å². The lowest BCUT2D eigenvalue weighted by molar-refractivity contribution is -0.305. The quantitative estimate of drug-likeness (QED) is 0.0195. The monoisotopic (exact) mass is 1220 g/mol. The van der Waals surface area contributed by atoms with E-state index in [0.717, 1.165) is 122 Å². The van der Waals surface area contributed by atoms with Gasteiger partial charge < -0.3 is 45.1 Å². The van der Waals surface area contributed by atoms with Crippen LogP contribution in [0.1, 0.15) is 310 Å². The van der Waals surface area contributed by atoms with Crippen molar-refractivity contribution < 1.29 is 49.3 Å². The number of carbonyl (C=O) groups is 2. The fraction of sp³-hybridized carbons (Fsp3) is 0.763. The third-order valence-electron chi connectivity index (χ3n) is 16.5. The minimum absolute atomic E-state index is 0.107. The first-order valence-corrected chi connectivity index (χ1v) is 36.0. The molecule has 1 fully saturated rings. The van der Waals surface area contributed by atoms with Crippen LogP contribution >= 0.6 is 0 Å². The summed E-state index contributed by atoms with van der Waals surface area (Å²) in [5.74, 6) is -1.20. The molecule has 0 radical (unpaired) electrons. The Balaban J connectivity index is 2.55. The van der Waals surface area contributed by atoms with Crippen LogP contribution in [-0.4, -0.2) is 99.6 Å². The molecular weight excluding hydrogens is 1090 g/mol. The van der Waals surface area contributed by atoms with Crippen molar-refractivity contribution in [3.05, 3.63) is 97.2 Å².